The lowest BCUT2D eigenvalue weighted by atomic mass is 10.1. The molecule has 0 aromatic heterocycles. The lowest BCUT2D eigenvalue weighted by Gasteiger charge is -2.17. The number of ether oxygens (including phenoxy) is 1. The lowest BCUT2D eigenvalue weighted by molar-refractivity contribution is -0.145. The molecule has 0 saturated heterocycles. The largest absolute Gasteiger partial charge is 0.465 e. The third kappa shape index (κ3) is 4.39. The van der Waals surface area contributed by atoms with Crippen molar-refractivity contribution in [3.8, 4) is 0 Å². The molecule has 110 valence electrons. The molecule has 1 atom stereocenters. The molecule has 0 spiro atoms. The van der Waals surface area contributed by atoms with Crippen LogP contribution in [0.25, 0.3) is 0 Å². The summed E-state index contributed by atoms with van der Waals surface area (Å²) in [6.45, 7) is 2.60. The van der Waals surface area contributed by atoms with Gasteiger partial charge in [-0.15, -0.1) is 0 Å². The first-order chi connectivity index (χ1) is 10.2. The second-order valence-corrected chi connectivity index (χ2v) is 4.60. The van der Waals surface area contributed by atoms with Gasteiger partial charge in [0, 0.05) is 6.54 Å². The maximum atomic E-state index is 13.0. The summed E-state index contributed by atoms with van der Waals surface area (Å²) >= 11 is 0. The van der Waals surface area contributed by atoms with Gasteiger partial charge in [0.25, 0.3) is 0 Å². The first kappa shape index (κ1) is 15.2. The molecular weight excluding hydrogens is 269 g/mol. The number of hydrogen-bond donors (Lipinski definition) is 1. The minimum absolute atomic E-state index is 0.309. The molecule has 1 unspecified atom stereocenters. The summed E-state index contributed by atoms with van der Waals surface area (Å²) in [5, 5.41) is 3.16. The molecule has 2 aromatic rings. The molecule has 0 fully saturated rings. The van der Waals surface area contributed by atoms with Gasteiger partial charge in [-0.05, 0) is 30.2 Å². The fourth-order valence-corrected chi connectivity index (χ4v) is 2.03. The molecule has 0 saturated carbocycles. The Morgan fingerprint density at radius 2 is 1.81 bits per heavy atom. The summed E-state index contributed by atoms with van der Waals surface area (Å²) in [5.41, 5.74) is 1.75. The topological polar surface area (TPSA) is 38.3 Å². The van der Waals surface area contributed by atoms with Crippen LogP contribution in [-0.4, -0.2) is 12.6 Å². The van der Waals surface area contributed by atoms with E-state index in [1.807, 2.05) is 30.3 Å². The van der Waals surface area contributed by atoms with Crippen LogP contribution in [0, 0.1) is 5.82 Å². The quantitative estimate of drug-likeness (QED) is 0.829. The molecule has 0 aliphatic rings. The van der Waals surface area contributed by atoms with Crippen LogP contribution in [0.4, 0.5) is 4.39 Å². The second kappa shape index (κ2) is 7.55. The van der Waals surface area contributed by atoms with Crippen LogP contribution in [0.2, 0.25) is 0 Å². The smallest absolute Gasteiger partial charge is 0.327 e. The van der Waals surface area contributed by atoms with E-state index >= 15 is 0 Å². The standard InChI is InChI=1S/C17H18FNO2/c1-2-21-17(20)16(14-8-10-15(18)11-9-14)19-12-13-6-4-3-5-7-13/h3-11,16,19H,2,12H2,1H3. The van der Waals surface area contributed by atoms with Gasteiger partial charge in [0.15, 0.2) is 0 Å². The Balaban J connectivity index is 2.12. The molecule has 0 bridgehead atoms. The van der Waals surface area contributed by atoms with Crippen LogP contribution in [0.15, 0.2) is 54.6 Å². The van der Waals surface area contributed by atoms with E-state index in [1.54, 1.807) is 19.1 Å². The first-order valence-corrected chi connectivity index (χ1v) is 6.90. The average Bonchev–Trinajstić information content (AvgIpc) is 2.50. The van der Waals surface area contributed by atoms with Crippen molar-refractivity contribution < 1.29 is 13.9 Å². The van der Waals surface area contributed by atoms with E-state index in [0.29, 0.717) is 18.7 Å². The van der Waals surface area contributed by atoms with Crippen molar-refractivity contribution >= 4 is 5.97 Å². The van der Waals surface area contributed by atoms with Gasteiger partial charge in [0.2, 0.25) is 0 Å². The third-order valence-electron chi connectivity index (χ3n) is 3.08. The zero-order chi connectivity index (χ0) is 15.1. The van der Waals surface area contributed by atoms with Crippen LogP contribution in [0.1, 0.15) is 24.1 Å². The van der Waals surface area contributed by atoms with Gasteiger partial charge in [-0.3, -0.25) is 5.32 Å². The molecule has 1 N–H and O–H groups in total. The van der Waals surface area contributed by atoms with Gasteiger partial charge in [-0.1, -0.05) is 42.5 Å². The minimum Gasteiger partial charge on any atom is -0.465 e. The van der Waals surface area contributed by atoms with Crippen molar-refractivity contribution in [1.29, 1.82) is 0 Å². The van der Waals surface area contributed by atoms with Crippen molar-refractivity contribution in [2.24, 2.45) is 0 Å². The van der Waals surface area contributed by atoms with Gasteiger partial charge in [0.05, 0.1) is 6.61 Å². The van der Waals surface area contributed by atoms with E-state index < -0.39 is 6.04 Å². The fourth-order valence-electron chi connectivity index (χ4n) is 2.03. The van der Waals surface area contributed by atoms with Crippen LogP contribution in [0.5, 0.6) is 0 Å². The maximum Gasteiger partial charge on any atom is 0.327 e. The molecule has 21 heavy (non-hydrogen) atoms. The Morgan fingerprint density at radius 1 is 1.14 bits per heavy atom. The molecule has 0 aliphatic heterocycles. The fraction of sp³-hybridized carbons (Fsp3) is 0.235. The highest BCUT2D eigenvalue weighted by Gasteiger charge is 2.21. The van der Waals surface area contributed by atoms with Crippen LogP contribution >= 0.6 is 0 Å². The number of halogens is 1. The summed E-state index contributed by atoms with van der Waals surface area (Å²) in [6, 6.07) is 15.0. The molecule has 0 amide bonds. The van der Waals surface area contributed by atoms with Crippen LogP contribution in [0.3, 0.4) is 0 Å². The SMILES string of the molecule is CCOC(=O)C(NCc1ccccc1)c1ccc(F)cc1. The normalized spacial score (nSPS) is 11.9. The monoisotopic (exact) mass is 287 g/mol. The van der Waals surface area contributed by atoms with Crippen LogP contribution < -0.4 is 5.32 Å². The van der Waals surface area contributed by atoms with Crippen molar-refractivity contribution in [2.45, 2.75) is 19.5 Å². The number of carbonyl (C=O) groups is 1. The van der Waals surface area contributed by atoms with Gasteiger partial charge in [0.1, 0.15) is 11.9 Å². The Hall–Kier alpha value is -2.20. The summed E-state index contributed by atoms with van der Waals surface area (Å²) in [7, 11) is 0. The molecule has 0 radical (unpaired) electrons. The predicted molar refractivity (Wildman–Crippen MR) is 79.1 cm³/mol. The number of hydrogen-bond acceptors (Lipinski definition) is 3. The molecule has 2 rings (SSSR count). The number of esters is 1. The van der Waals surface area contributed by atoms with E-state index in [1.165, 1.54) is 12.1 Å². The third-order valence-corrected chi connectivity index (χ3v) is 3.08. The molecule has 0 heterocycles. The zero-order valence-electron chi connectivity index (χ0n) is 11.9. The molecule has 4 heteroatoms. The Labute approximate surface area is 123 Å². The summed E-state index contributed by atoms with van der Waals surface area (Å²) in [5.74, 6) is -0.690. The molecule has 3 nitrogen and oxygen atoms in total. The highest BCUT2D eigenvalue weighted by molar-refractivity contribution is 5.77. The number of nitrogens with one attached hydrogen (secondary N) is 1. The predicted octanol–water partition coefficient (Wildman–Crippen LogP) is 3.22. The summed E-state index contributed by atoms with van der Waals surface area (Å²) < 4.78 is 18.1. The van der Waals surface area contributed by atoms with E-state index in [4.69, 9.17) is 4.74 Å². The summed E-state index contributed by atoms with van der Waals surface area (Å²) in [6.07, 6.45) is 0. The van der Waals surface area contributed by atoms with E-state index in [9.17, 15) is 9.18 Å². The Morgan fingerprint density at radius 3 is 2.43 bits per heavy atom. The maximum absolute atomic E-state index is 13.0. The van der Waals surface area contributed by atoms with Gasteiger partial charge in [-0.25, -0.2) is 9.18 Å². The van der Waals surface area contributed by atoms with Crippen molar-refractivity contribution in [1.82, 2.24) is 5.32 Å². The molecule has 2 aromatic carbocycles. The van der Waals surface area contributed by atoms with Gasteiger partial charge >= 0.3 is 5.97 Å². The van der Waals surface area contributed by atoms with E-state index in [0.717, 1.165) is 5.56 Å². The lowest BCUT2D eigenvalue weighted by Crippen LogP contribution is -2.30. The van der Waals surface area contributed by atoms with Gasteiger partial charge < -0.3 is 4.74 Å². The number of rotatable bonds is 6. The molecule has 0 aliphatic carbocycles. The van der Waals surface area contributed by atoms with Crippen molar-refractivity contribution in [3.05, 3.63) is 71.5 Å². The second-order valence-electron chi connectivity index (χ2n) is 4.60. The minimum atomic E-state index is -0.606. The Kier molecular flexibility index (Phi) is 5.46. The van der Waals surface area contributed by atoms with Crippen molar-refractivity contribution in [3.63, 3.8) is 0 Å². The zero-order valence-corrected chi connectivity index (χ0v) is 11.9. The average molecular weight is 287 g/mol. The number of carbonyl (C=O) groups excluding carboxylic acids is 1. The summed E-state index contributed by atoms with van der Waals surface area (Å²) in [4.78, 5) is 12.1. The number of benzene rings is 2. The first-order valence-electron chi connectivity index (χ1n) is 6.90. The van der Waals surface area contributed by atoms with Crippen LogP contribution in [-0.2, 0) is 16.1 Å². The van der Waals surface area contributed by atoms with Gasteiger partial charge in [-0.2, -0.15) is 0 Å². The highest BCUT2D eigenvalue weighted by atomic mass is 19.1. The highest BCUT2D eigenvalue weighted by Crippen LogP contribution is 2.16. The van der Waals surface area contributed by atoms with E-state index in [-0.39, 0.29) is 11.8 Å². The van der Waals surface area contributed by atoms with E-state index in [2.05, 4.69) is 5.32 Å². The van der Waals surface area contributed by atoms with Crippen molar-refractivity contribution in [2.75, 3.05) is 6.61 Å². The molecular formula is C17H18FNO2. The Bertz CT molecular complexity index is 569.